The minimum Gasteiger partial charge on any atom is -0.369 e. The molecule has 131 heavy (non-hydrogen) atoms. The number of piperazine rings is 6. The molecule has 8 aliphatic heterocycles. The average molecular weight is 1860 g/mol. The minimum absolute atomic E-state index is 0.0727. The van der Waals surface area contributed by atoms with Crippen LogP contribution in [0.4, 0.5) is 34.1 Å². The quantitative estimate of drug-likeness (QED) is 0.0212. The zero-order valence-electron chi connectivity index (χ0n) is 82.7. The van der Waals surface area contributed by atoms with E-state index in [0.29, 0.717) is 68.1 Å². The Hall–Kier alpha value is -6.96. The summed E-state index contributed by atoms with van der Waals surface area (Å²) in [5.41, 5.74) is 22.8. The van der Waals surface area contributed by atoms with E-state index in [2.05, 4.69) is 280 Å². The summed E-state index contributed by atoms with van der Waals surface area (Å²) < 4.78 is 80.7. The predicted molar refractivity (Wildman–Crippen MR) is 550 cm³/mol. The molecule has 24 nitrogen and oxygen atoms in total. The Labute approximate surface area is 791 Å². The van der Waals surface area contributed by atoms with Crippen LogP contribution in [0.15, 0.2) is 109 Å². The number of amides is 1. The van der Waals surface area contributed by atoms with E-state index in [1.54, 1.807) is 15.4 Å². The van der Waals surface area contributed by atoms with Crippen molar-refractivity contribution in [1.82, 2.24) is 55.9 Å². The van der Waals surface area contributed by atoms with Crippen LogP contribution < -0.4 is 76.1 Å². The minimum atomic E-state index is -3.29. The number of hydrogen-bond acceptors (Lipinski definition) is 20. The first-order valence-corrected chi connectivity index (χ1v) is 55.3. The molecule has 1 atom stereocenters. The lowest BCUT2D eigenvalue weighted by atomic mass is 9.92. The van der Waals surface area contributed by atoms with E-state index in [0.717, 1.165) is 235 Å². The highest BCUT2D eigenvalue weighted by Crippen LogP contribution is 2.39. The molecule has 9 N–H and O–H groups in total. The highest BCUT2D eigenvalue weighted by atomic mass is 32.2. The van der Waals surface area contributed by atoms with Crippen LogP contribution in [0.5, 0.6) is 0 Å². The maximum Gasteiger partial charge on any atom is 0.219 e. The highest BCUT2D eigenvalue weighted by molar-refractivity contribution is 7.89. The number of sulfonamides is 3. The van der Waals surface area contributed by atoms with E-state index in [1.165, 1.54) is 107 Å². The zero-order valence-corrected chi connectivity index (χ0v) is 85.1. The van der Waals surface area contributed by atoms with Crippen molar-refractivity contribution in [1.29, 1.82) is 0 Å². The van der Waals surface area contributed by atoms with Crippen molar-refractivity contribution in [3.63, 3.8) is 0 Å². The maximum atomic E-state index is 12.8. The Morgan fingerprint density at radius 3 is 0.947 bits per heavy atom. The summed E-state index contributed by atoms with van der Waals surface area (Å²) >= 11 is 0. The molecule has 8 heterocycles. The number of nitrogens with one attached hydrogen (secondary N) is 9. The molecule has 10 fully saturated rings. The van der Waals surface area contributed by atoms with Gasteiger partial charge in [0.1, 0.15) is 0 Å². The summed E-state index contributed by atoms with van der Waals surface area (Å²) in [6.45, 7) is 57.6. The molecule has 27 heteroatoms. The number of likely N-dealkylation sites (tertiary alicyclic amines) is 1. The number of rotatable bonds is 29. The molecule has 0 spiro atoms. The molecule has 6 aromatic carbocycles. The van der Waals surface area contributed by atoms with Gasteiger partial charge in [0.25, 0.3) is 0 Å². The van der Waals surface area contributed by atoms with Gasteiger partial charge in [0.15, 0.2) is 0 Å². The molecule has 2 saturated carbocycles. The molecular formula is C104H167N17O7S3. The highest BCUT2D eigenvalue weighted by Gasteiger charge is 2.32. The van der Waals surface area contributed by atoms with Crippen LogP contribution in [-0.4, -0.2) is 243 Å². The van der Waals surface area contributed by atoms with Gasteiger partial charge in [-0.15, -0.1) is 0 Å². The van der Waals surface area contributed by atoms with Gasteiger partial charge in [-0.05, 0) is 222 Å². The van der Waals surface area contributed by atoms with E-state index < -0.39 is 30.1 Å². The number of hydrogen-bond donors (Lipinski definition) is 9. The molecule has 1 amide bonds. The molecule has 0 aromatic heterocycles. The number of carbonyl (C=O) groups excluding carboxylic acids is 1. The Balaban J connectivity index is 0.000000152. The molecule has 0 radical (unpaired) electrons. The van der Waals surface area contributed by atoms with Gasteiger partial charge in [-0.2, -0.15) is 0 Å². The fourth-order valence-electron chi connectivity index (χ4n) is 18.9. The smallest absolute Gasteiger partial charge is 0.219 e. The molecular weight excluding hydrogens is 1700 g/mol. The first-order chi connectivity index (χ1) is 62.8. The van der Waals surface area contributed by atoms with Crippen molar-refractivity contribution in [3.05, 3.63) is 176 Å². The molecule has 6 aromatic rings. The van der Waals surface area contributed by atoms with Crippen molar-refractivity contribution in [3.8, 4) is 0 Å². The zero-order chi connectivity index (χ0) is 93.8. The van der Waals surface area contributed by atoms with E-state index in [1.807, 2.05) is 6.92 Å². The van der Waals surface area contributed by atoms with Crippen molar-refractivity contribution in [2.75, 3.05) is 226 Å². The van der Waals surface area contributed by atoms with Crippen molar-refractivity contribution >= 4 is 70.1 Å². The van der Waals surface area contributed by atoms with E-state index >= 15 is 0 Å². The van der Waals surface area contributed by atoms with Crippen LogP contribution in [0.25, 0.3) is 0 Å². The van der Waals surface area contributed by atoms with Crippen LogP contribution in [0.1, 0.15) is 250 Å². The molecule has 10 aliphatic rings. The summed E-state index contributed by atoms with van der Waals surface area (Å²) in [6, 6.07) is 40.3. The van der Waals surface area contributed by atoms with Crippen LogP contribution in [0.2, 0.25) is 0 Å². The van der Waals surface area contributed by atoms with Crippen LogP contribution in [0, 0.1) is 11.8 Å². The molecule has 16 rings (SSSR count). The lowest BCUT2D eigenvalue weighted by Crippen LogP contribution is -2.44. The summed E-state index contributed by atoms with van der Waals surface area (Å²) in [6.07, 6.45) is 13.5. The van der Waals surface area contributed by atoms with Crippen LogP contribution in [-0.2, 0) is 72.3 Å². The van der Waals surface area contributed by atoms with Gasteiger partial charge in [0, 0.05) is 236 Å². The maximum absolute atomic E-state index is 12.8. The second-order valence-corrected chi connectivity index (χ2v) is 45.6. The second kappa shape index (κ2) is 51.3. The average Bonchev–Trinajstić information content (AvgIpc) is 1.50. The van der Waals surface area contributed by atoms with Crippen molar-refractivity contribution in [2.24, 2.45) is 11.8 Å². The normalized spacial score (nSPS) is 19.2. The molecule has 728 valence electrons. The van der Waals surface area contributed by atoms with Gasteiger partial charge in [0.2, 0.25) is 36.0 Å². The van der Waals surface area contributed by atoms with Gasteiger partial charge in [-0.25, -0.2) is 39.0 Å². The second-order valence-electron chi connectivity index (χ2n) is 40.0. The van der Waals surface area contributed by atoms with Gasteiger partial charge in [-0.3, -0.25) is 4.79 Å². The van der Waals surface area contributed by atoms with Gasteiger partial charge >= 0.3 is 0 Å². The topological polar surface area (TPSA) is 254 Å². The Morgan fingerprint density at radius 1 is 0.359 bits per heavy atom. The van der Waals surface area contributed by atoms with E-state index in [4.69, 9.17) is 0 Å². The van der Waals surface area contributed by atoms with Crippen LogP contribution in [0.3, 0.4) is 0 Å². The Kier molecular flexibility index (Phi) is 40.9. The largest absolute Gasteiger partial charge is 0.369 e. The Morgan fingerprint density at radius 2 is 0.656 bits per heavy atom. The summed E-state index contributed by atoms with van der Waals surface area (Å²) in [4.78, 5) is 28.5. The SMILES string of the molecule is CC(C)c1ccc(N2CCNCC2)c(CC2CC2)c1.CC(C)c1ccc(N2CCNCC2)c(CC2CCN(C)C2)c1.CC(C)c1ccc(N2CCNCC2)c(CNS(C)(=O)=O)c1.CC(C)c1ccc(N2CCNCC2)c(CS(=O)(=O)N2CCCC2)c1.CC(C)c1ccc(N2CCNCC2)c(CS(=O)(=O)NC2CCC2)c1.CCC(=O)NCc1cc(C(C)C)ccc1N1CCNCC1. The lowest BCUT2D eigenvalue weighted by molar-refractivity contribution is -0.120. The molecule has 8 saturated heterocycles. The molecule has 0 bridgehead atoms. The monoisotopic (exact) mass is 1860 g/mol. The first kappa shape index (κ1) is 105. The van der Waals surface area contributed by atoms with Gasteiger partial charge in [0.05, 0.1) is 17.8 Å². The van der Waals surface area contributed by atoms with Crippen molar-refractivity contribution < 1.29 is 30.0 Å². The third-order valence-electron chi connectivity index (χ3n) is 27.5. The fraction of sp³-hybridized carbons (Fsp3) is 0.644. The molecule has 1 unspecified atom stereocenters. The third-order valence-corrected chi connectivity index (χ3v) is 31.4. The summed E-state index contributed by atoms with van der Waals surface area (Å²) in [7, 11) is -7.45. The lowest BCUT2D eigenvalue weighted by Gasteiger charge is -2.32. The number of benzene rings is 6. The summed E-state index contributed by atoms with van der Waals surface area (Å²) in [5.74, 6) is 5.06. The van der Waals surface area contributed by atoms with Gasteiger partial charge in [-0.1, -0.05) is 169 Å². The number of carbonyl (C=O) groups is 1. The fourth-order valence-corrected chi connectivity index (χ4v) is 22.4. The standard InChI is InChI=1S/C19H31N3.2C18H29N3O2S.C17H27N3O.C17H26N2.C15H25N3O2S/c1-15(2)17-4-5-19(22-10-7-20-8-11-22)18(13-17)12-16-6-9-21(3)14-16;1-15(2)16-5-6-18(20-11-7-19-8-12-20)17(13-16)14-24(22,23)21-9-3-4-10-21;1-14(2)15-6-7-18(21-10-8-19-9-11-21)16(12-15)13-24(22,23)20-17-4-3-5-17;1-4-17(21)19-12-15-11-14(13(2)3)5-6-16(15)20-9-7-18-8-10-20;1-13(2)15-5-6-17(19-9-7-18-8-10-19)16(12-15)11-14-3-4-14;1-12(2)13-4-5-15(18-8-6-16-7-9-18)14(10-13)11-17-21(3,19)20/h4-5,13,15-16,20H,6-12,14H2,1-3H3;5-6,13,15,19H,3-4,7-12,14H2,1-2H3;6-7,12,14,17,19-20H,3-5,8-11,13H2,1-2H3;5-6,11,13,18H,4,7-10,12H2,1-3H3,(H,19,21);5-6,12-14,18H,3-4,7-11H2,1-2H3;4-5,10,12,16-17H,6-9,11H2,1-3H3. The van der Waals surface area contributed by atoms with E-state index in [-0.39, 0.29) is 23.5 Å². The van der Waals surface area contributed by atoms with Gasteiger partial charge < -0.3 is 71.5 Å². The third kappa shape index (κ3) is 32.9. The molecule has 2 aliphatic carbocycles. The van der Waals surface area contributed by atoms with Crippen LogP contribution >= 0.6 is 0 Å². The summed E-state index contributed by atoms with van der Waals surface area (Å²) in [5, 5.41) is 23.3. The Bertz CT molecular complexity index is 4870. The number of anilines is 6. The first-order valence-electron chi connectivity index (χ1n) is 50.2. The predicted octanol–water partition coefficient (Wildman–Crippen LogP) is 13.7. The number of nitrogens with zero attached hydrogens (tertiary/aromatic N) is 8. The van der Waals surface area contributed by atoms with Crippen molar-refractivity contribution in [2.45, 2.75) is 227 Å². The van der Waals surface area contributed by atoms with E-state index in [9.17, 15) is 30.0 Å².